The summed E-state index contributed by atoms with van der Waals surface area (Å²) < 4.78 is 0. The number of anilines is 1. The Morgan fingerprint density at radius 1 is 0.652 bits per heavy atom. The molecule has 5 aromatic rings. The highest BCUT2D eigenvalue weighted by Crippen LogP contribution is 2.24. The third-order valence-corrected chi connectivity index (χ3v) is 7.85. The number of carbonyl (C=O) groups is 3. The second kappa shape index (κ2) is 15.9. The van der Waals surface area contributed by atoms with E-state index in [0.717, 1.165) is 21.9 Å². The molecule has 1 unspecified atom stereocenters. The molecule has 5 rings (SSSR count). The maximum atomic E-state index is 13.6. The van der Waals surface area contributed by atoms with Crippen LogP contribution in [0.4, 0.5) is 10.5 Å². The van der Waals surface area contributed by atoms with E-state index in [4.69, 9.17) is 0 Å². The normalized spacial score (nSPS) is 11.5. The van der Waals surface area contributed by atoms with Crippen molar-refractivity contribution in [3.8, 4) is 5.75 Å². The van der Waals surface area contributed by atoms with Crippen molar-refractivity contribution in [2.45, 2.75) is 31.2 Å². The van der Waals surface area contributed by atoms with Crippen molar-refractivity contribution < 1.29 is 19.5 Å². The lowest BCUT2D eigenvalue weighted by molar-refractivity contribution is -0.123. The van der Waals surface area contributed by atoms with Gasteiger partial charge in [-0.25, -0.2) is 4.79 Å². The smallest absolute Gasteiger partial charge is 0.319 e. The summed E-state index contributed by atoms with van der Waals surface area (Å²) in [7, 11) is 0. The molecule has 8 nitrogen and oxygen atoms in total. The van der Waals surface area contributed by atoms with Crippen LogP contribution in [0, 0.1) is 0 Å². The number of unbranched alkanes of at least 4 members (excludes halogenated alkanes) is 1. The summed E-state index contributed by atoms with van der Waals surface area (Å²) in [5.74, 6) is -0.428. The summed E-state index contributed by atoms with van der Waals surface area (Å²) in [5.41, 5.74) is 3.23. The van der Waals surface area contributed by atoms with Crippen LogP contribution in [0.2, 0.25) is 0 Å². The predicted molar refractivity (Wildman–Crippen MR) is 182 cm³/mol. The van der Waals surface area contributed by atoms with E-state index in [1.807, 2.05) is 103 Å². The number of phenols is 1. The number of benzene rings is 5. The Hall–Kier alpha value is -5.63. The van der Waals surface area contributed by atoms with Crippen molar-refractivity contribution in [2.75, 3.05) is 18.4 Å². The van der Waals surface area contributed by atoms with Crippen molar-refractivity contribution in [1.82, 2.24) is 16.0 Å². The van der Waals surface area contributed by atoms with Gasteiger partial charge in [-0.15, -0.1) is 0 Å². The van der Waals surface area contributed by atoms with Crippen LogP contribution in [-0.2, 0) is 4.79 Å². The number of phenolic OH excluding ortho intramolecular Hbond substituents is 1. The lowest BCUT2D eigenvalue weighted by atomic mass is 9.91. The van der Waals surface area contributed by atoms with E-state index in [1.54, 1.807) is 12.1 Å². The molecule has 0 saturated heterocycles. The van der Waals surface area contributed by atoms with Gasteiger partial charge in [0, 0.05) is 30.3 Å². The van der Waals surface area contributed by atoms with Crippen molar-refractivity contribution in [3.05, 3.63) is 144 Å². The monoisotopic (exact) mass is 614 g/mol. The van der Waals surface area contributed by atoms with Crippen LogP contribution in [0.1, 0.15) is 46.7 Å². The molecule has 0 fully saturated rings. The number of carbonyl (C=O) groups excluding carboxylic acids is 3. The standard InChI is InChI=1S/C38H38N4O4/c43-33-22-20-32(21-23-33)41-38(46)42-35(17-9-10-24-39-36(44)31-19-18-27-11-7-8-16-30(27)25-31)37(45)40-26-34(28-12-3-1-4-13-28)29-14-5-2-6-15-29/h1-8,11-16,18-23,25,34-35,43H,9-10,17,24,26H2,(H,39,44)(H,40,45)(H2,41,42,46). The minimum Gasteiger partial charge on any atom is -0.508 e. The highest BCUT2D eigenvalue weighted by molar-refractivity contribution is 5.98. The molecule has 0 aliphatic carbocycles. The number of amides is 4. The van der Waals surface area contributed by atoms with Gasteiger partial charge in [-0.2, -0.15) is 0 Å². The molecule has 46 heavy (non-hydrogen) atoms. The number of fused-ring (bicyclic) bond motifs is 1. The van der Waals surface area contributed by atoms with E-state index in [0.29, 0.717) is 43.6 Å². The van der Waals surface area contributed by atoms with Gasteiger partial charge in [-0.3, -0.25) is 9.59 Å². The van der Waals surface area contributed by atoms with Gasteiger partial charge in [-0.05, 0) is 77.6 Å². The minimum absolute atomic E-state index is 0.0665. The maximum Gasteiger partial charge on any atom is 0.319 e. The number of hydrogen-bond acceptors (Lipinski definition) is 4. The first kappa shape index (κ1) is 31.8. The highest BCUT2D eigenvalue weighted by atomic mass is 16.3. The average Bonchev–Trinajstić information content (AvgIpc) is 3.09. The Labute approximate surface area is 268 Å². The fourth-order valence-corrected chi connectivity index (χ4v) is 5.37. The number of aromatic hydroxyl groups is 1. The Balaban J connectivity index is 1.19. The van der Waals surface area contributed by atoms with Crippen LogP contribution >= 0.6 is 0 Å². The predicted octanol–water partition coefficient (Wildman–Crippen LogP) is 6.58. The summed E-state index contributed by atoms with van der Waals surface area (Å²) in [6, 6.07) is 38.2. The quantitative estimate of drug-likeness (QED) is 0.0760. The first-order valence-corrected chi connectivity index (χ1v) is 15.5. The van der Waals surface area contributed by atoms with Crippen LogP contribution < -0.4 is 21.3 Å². The molecule has 5 aromatic carbocycles. The van der Waals surface area contributed by atoms with E-state index in [2.05, 4.69) is 21.3 Å². The van der Waals surface area contributed by atoms with E-state index in [1.165, 1.54) is 12.1 Å². The van der Waals surface area contributed by atoms with E-state index in [9.17, 15) is 19.5 Å². The molecular weight excluding hydrogens is 576 g/mol. The molecule has 0 aliphatic heterocycles. The second-order valence-corrected chi connectivity index (χ2v) is 11.1. The van der Waals surface area contributed by atoms with Gasteiger partial charge in [-0.1, -0.05) is 91.0 Å². The van der Waals surface area contributed by atoms with Gasteiger partial charge in [0.05, 0.1) is 0 Å². The third kappa shape index (κ3) is 8.95. The Bertz CT molecular complexity index is 1700. The van der Waals surface area contributed by atoms with Crippen LogP contribution in [-0.4, -0.2) is 42.1 Å². The third-order valence-electron chi connectivity index (χ3n) is 7.85. The summed E-state index contributed by atoms with van der Waals surface area (Å²) in [4.78, 5) is 39.2. The summed E-state index contributed by atoms with van der Waals surface area (Å²) >= 11 is 0. The number of rotatable bonds is 13. The van der Waals surface area contributed by atoms with Crippen molar-refractivity contribution in [1.29, 1.82) is 0 Å². The lowest BCUT2D eigenvalue weighted by Gasteiger charge is -2.22. The van der Waals surface area contributed by atoms with Gasteiger partial charge in [0.1, 0.15) is 11.8 Å². The molecule has 4 amide bonds. The molecule has 0 aromatic heterocycles. The molecule has 8 heteroatoms. The first-order valence-electron chi connectivity index (χ1n) is 15.5. The van der Waals surface area contributed by atoms with Gasteiger partial charge in [0.15, 0.2) is 0 Å². The SMILES string of the molecule is O=C(Nc1ccc(O)cc1)NC(CCCCNC(=O)c1ccc2ccccc2c1)C(=O)NCC(c1ccccc1)c1ccccc1. The second-order valence-electron chi connectivity index (χ2n) is 11.1. The van der Waals surface area contributed by atoms with Gasteiger partial charge < -0.3 is 26.4 Å². The average molecular weight is 615 g/mol. The Morgan fingerprint density at radius 3 is 1.96 bits per heavy atom. The first-order chi connectivity index (χ1) is 22.5. The molecule has 0 heterocycles. The number of hydrogen-bond donors (Lipinski definition) is 5. The van der Waals surface area contributed by atoms with Crippen molar-refractivity contribution in [3.63, 3.8) is 0 Å². The van der Waals surface area contributed by atoms with E-state index < -0.39 is 12.1 Å². The van der Waals surface area contributed by atoms with Crippen LogP contribution in [0.5, 0.6) is 5.75 Å². The number of urea groups is 1. The largest absolute Gasteiger partial charge is 0.508 e. The Kier molecular flexibility index (Phi) is 11.0. The topological polar surface area (TPSA) is 120 Å². The van der Waals surface area contributed by atoms with Crippen molar-refractivity contribution >= 4 is 34.3 Å². The number of nitrogens with one attached hydrogen (secondary N) is 4. The molecule has 0 saturated carbocycles. The highest BCUT2D eigenvalue weighted by Gasteiger charge is 2.23. The minimum atomic E-state index is -0.805. The molecule has 234 valence electrons. The zero-order chi connectivity index (χ0) is 32.1. The molecule has 1 atom stereocenters. The van der Waals surface area contributed by atoms with Crippen LogP contribution in [0.25, 0.3) is 10.8 Å². The molecule has 0 spiro atoms. The molecule has 0 aliphatic rings. The fraction of sp³-hybridized carbons (Fsp3) is 0.184. The summed E-state index contributed by atoms with van der Waals surface area (Å²) in [5, 5.41) is 23.2. The zero-order valence-electron chi connectivity index (χ0n) is 25.5. The van der Waals surface area contributed by atoms with Crippen molar-refractivity contribution in [2.24, 2.45) is 0 Å². The summed E-state index contributed by atoms with van der Waals surface area (Å²) in [6.07, 6.45) is 1.60. The maximum absolute atomic E-state index is 13.6. The lowest BCUT2D eigenvalue weighted by Crippen LogP contribution is -2.49. The molecule has 5 N–H and O–H groups in total. The van der Waals surface area contributed by atoms with Crippen LogP contribution in [0.15, 0.2) is 127 Å². The van der Waals surface area contributed by atoms with E-state index >= 15 is 0 Å². The van der Waals surface area contributed by atoms with Crippen LogP contribution in [0.3, 0.4) is 0 Å². The summed E-state index contributed by atoms with van der Waals surface area (Å²) in [6.45, 7) is 0.788. The zero-order valence-corrected chi connectivity index (χ0v) is 25.5. The molecule has 0 bridgehead atoms. The molecular formula is C38H38N4O4. The Morgan fingerprint density at radius 2 is 1.28 bits per heavy atom. The van der Waals surface area contributed by atoms with Gasteiger partial charge in [0.2, 0.25) is 5.91 Å². The fourth-order valence-electron chi connectivity index (χ4n) is 5.37. The van der Waals surface area contributed by atoms with E-state index in [-0.39, 0.29) is 23.5 Å². The molecule has 0 radical (unpaired) electrons. The van der Waals surface area contributed by atoms with Gasteiger partial charge in [0.25, 0.3) is 5.91 Å². The van der Waals surface area contributed by atoms with Gasteiger partial charge >= 0.3 is 6.03 Å².